The number of non-ortho nitro benzene ring substituents is 1. The van der Waals surface area contributed by atoms with Gasteiger partial charge in [0.15, 0.2) is 0 Å². The Morgan fingerprint density at radius 1 is 1.38 bits per heavy atom. The Balaban J connectivity index is 3.07. The maximum Gasteiger partial charge on any atom is 0.269 e. The molecule has 1 aromatic rings. The van der Waals surface area contributed by atoms with E-state index < -0.39 is 4.92 Å². The molecule has 13 heavy (non-hydrogen) atoms. The number of benzene rings is 1. The number of nitro groups is 1. The van der Waals surface area contributed by atoms with Gasteiger partial charge in [-0.3, -0.25) is 10.1 Å². The van der Waals surface area contributed by atoms with E-state index in [4.69, 9.17) is 0 Å². The highest BCUT2D eigenvalue weighted by Crippen LogP contribution is 2.20. The monoisotopic (exact) mass is 241 g/mol. The lowest BCUT2D eigenvalue weighted by molar-refractivity contribution is -0.384. The summed E-state index contributed by atoms with van der Waals surface area (Å²) in [5.74, 6) is 1.64. The first-order valence-electron chi connectivity index (χ1n) is 3.30. The first kappa shape index (κ1) is 9.64. The highest BCUT2D eigenvalue weighted by Gasteiger charge is 2.05. The Bertz CT molecular complexity index is 379. The third kappa shape index (κ3) is 2.24. The van der Waals surface area contributed by atoms with Gasteiger partial charge in [0, 0.05) is 17.7 Å². The normalized spacial score (nSPS) is 9.00. The summed E-state index contributed by atoms with van der Waals surface area (Å²) in [7, 11) is 0. The average molecular weight is 242 g/mol. The minimum absolute atomic E-state index is 0.00468. The van der Waals surface area contributed by atoms with Gasteiger partial charge in [-0.2, -0.15) is 0 Å². The van der Waals surface area contributed by atoms with Crippen LogP contribution in [-0.4, -0.2) is 10.9 Å². The van der Waals surface area contributed by atoms with Crippen LogP contribution in [-0.2, 0) is 4.79 Å². The topological polar surface area (TPSA) is 60.2 Å². The zero-order valence-electron chi connectivity index (χ0n) is 6.36. The molecule has 0 unspecified atom stereocenters. The van der Waals surface area contributed by atoms with Crippen molar-refractivity contribution in [3.05, 3.63) is 39.9 Å². The molecule has 0 aliphatic carbocycles. The van der Waals surface area contributed by atoms with Crippen LogP contribution in [0.3, 0.4) is 0 Å². The first-order chi connectivity index (χ1) is 6.15. The molecule has 4 nitrogen and oxygen atoms in total. The van der Waals surface area contributed by atoms with Crippen molar-refractivity contribution in [1.29, 1.82) is 0 Å². The van der Waals surface area contributed by atoms with Gasteiger partial charge in [-0.25, -0.2) is 4.79 Å². The van der Waals surface area contributed by atoms with E-state index in [-0.39, 0.29) is 10.2 Å². The molecule has 0 amide bonds. The zero-order chi connectivity index (χ0) is 9.84. The third-order valence-electron chi connectivity index (χ3n) is 1.42. The van der Waals surface area contributed by atoms with Crippen molar-refractivity contribution in [2.24, 2.45) is 0 Å². The van der Waals surface area contributed by atoms with E-state index in [1.165, 1.54) is 24.3 Å². The Kier molecular flexibility index (Phi) is 2.95. The average Bonchev–Trinajstić information content (AvgIpc) is 2.17. The molecular formula is C8H4BrNO3. The highest BCUT2D eigenvalue weighted by molar-refractivity contribution is 9.15. The minimum atomic E-state index is -0.498. The van der Waals surface area contributed by atoms with Crippen molar-refractivity contribution in [2.45, 2.75) is 0 Å². The van der Waals surface area contributed by atoms with Crippen molar-refractivity contribution in [1.82, 2.24) is 0 Å². The fourth-order valence-corrected chi connectivity index (χ4v) is 1.05. The quantitative estimate of drug-likeness (QED) is 0.453. The number of nitrogens with zero attached hydrogens (tertiary/aromatic N) is 1. The van der Waals surface area contributed by atoms with Crippen LogP contribution >= 0.6 is 15.9 Å². The lowest BCUT2D eigenvalue weighted by atomic mass is 10.2. The molecule has 0 heterocycles. The second-order valence-corrected chi connectivity index (χ2v) is 3.01. The molecule has 0 saturated carbocycles. The summed E-state index contributed by atoms with van der Waals surface area (Å²) in [5, 5.41) is 10.3. The Labute approximate surface area is 82.2 Å². The van der Waals surface area contributed by atoms with E-state index >= 15 is 0 Å². The number of hydrogen-bond acceptors (Lipinski definition) is 3. The van der Waals surface area contributed by atoms with Crippen molar-refractivity contribution >= 4 is 32.0 Å². The lowest BCUT2D eigenvalue weighted by Crippen LogP contribution is -1.87. The Morgan fingerprint density at radius 2 is 1.92 bits per heavy atom. The van der Waals surface area contributed by atoms with Gasteiger partial charge < -0.3 is 0 Å². The van der Waals surface area contributed by atoms with Gasteiger partial charge in [0.05, 0.1) is 4.92 Å². The van der Waals surface area contributed by atoms with Crippen LogP contribution in [0.2, 0.25) is 0 Å². The maximum absolute atomic E-state index is 10.3. The van der Waals surface area contributed by atoms with Crippen LogP contribution < -0.4 is 0 Å². The second-order valence-electron chi connectivity index (χ2n) is 2.22. The lowest BCUT2D eigenvalue weighted by Gasteiger charge is -1.94. The first-order valence-corrected chi connectivity index (χ1v) is 4.10. The molecule has 0 aromatic heterocycles. The van der Waals surface area contributed by atoms with Crippen LogP contribution in [0.4, 0.5) is 5.69 Å². The van der Waals surface area contributed by atoms with E-state index in [2.05, 4.69) is 15.9 Å². The van der Waals surface area contributed by atoms with Crippen molar-refractivity contribution in [3.63, 3.8) is 0 Å². The minimum Gasteiger partial charge on any atom is -0.258 e. The van der Waals surface area contributed by atoms with Crippen LogP contribution in [0.5, 0.6) is 0 Å². The van der Waals surface area contributed by atoms with Crippen molar-refractivity contribution < 1.29 is 9.72 Å². The molecule has 66 valence electrons. The molecule has 0 saturated heterocycles. The van der Waals surface area contributed by atoms with Gasteiger partial charge in [0.2, 0.25) is 0 Å². The van der Waals surface area contributed by atoms with Gasteiger partial charge in [-0.05, 0) is 28.1 Å². The molecule has 1 rings (SSSR count). The summed E-state index contributed by atoms with van der Waals surface area (Å²) >= 11 is 2.97. The van der Waals surface area contributed by atoms with Gasteiger partial charge in [0.1, 0.15) is 10.4 Å². The SMILES string of the molecule is O=C=C(Br)c1ccc([N+](=O)[O-])cc1. The summed E-state index contributed by atoms with van der Waals surface area (Å²) in [6.07, 6.45) is 0. The molecule has 0 N–H and O–H groups in total. The van der Waals surface area contributed by atoms with Crippen LogP contribution in [0.15, 0.2) is 24.3 Å². The van der Waals surface area contributed by atoms with Gasteiger partial charge in [-0.15, -0.1) is 0 Å². The Hall–Kier alpha value is -1.45. The second kappa shape index (κ2) is 3.98. The molecule has 0 aliphatic heterocycles. The number of hydrogen-bond donors (Lipinski definition) is 0. The largest absolute Gasteiger partial charge is 0.269 e. The summed E-state index contributed by atoms with van der Waals surface area (Å²) in [4.78, 5) is 19.9. The van der Waals surface area contributed by atoms with Crippen LogP contribution in [0, 0.1) is 10.1 Å². The summed E-state index contributed by atoms with van der Waals surface area (Å²) in [6.45, 7) is 0. The molecule has 0 spiro atoms. The number of halogens is 1. The number of nitro benzene ring substituents is 1. The molecule has 5 heteroatoms. The fraction of sp³-hybridized carbons (Fsp3) is 0. The molecular weight excluding hydrogens is 238 g/mol. The molecule has 0 aliphatic rings. The summed E-state index contributed by atoms with van der Waals surface area (Å²) < 4.78 is 0.252. The highest BCUT2D eigenvalue weighted by atomic mass is 79.9. The van der Waals surface area contributed by atoms with E-state index in [1.807, 2.05) is 0 Å². The van der Waals surface area contributed by atoms with Crippen LogP contribution in [0.25, 0.3) is 4.48 Å². The third-order valence-corrected chi connectivity index (χ3v) is 2.04. The standard InChI is InChI=1S/C8H4BrNO3/c9-8(5-11)6-1-3-7(4-2-6)10(12)13/h1-4H. The van der Waals surface area contributed by atoms with E-state index in [0.29, 0.717) is 5.56 Å². The predicted octanol–water partition coefficient (Wildman–Crippen LogP) is 2.16. The van der Waals surface area contributed by atoms with Gasteiger partial charge in [-0.1, -0.05) is 0 Å². The number of carbonyl (C=O) groups excluding carboxylic acids is 1. The fourth-order valence-electron chi connectivity index (χ4n) is 0.788. The molecule has 1 aromatic carbocycles. The summed E-state index contributed by atoms with van der Waals surface area (Å²) in [6, 6.07) is 5.61. The van der Waals surface area contributed by atoms with E-state index in [9.17, 15) is 14.9 Å². The van der Waals surface area contributed by atoms with Crippen molar-refractivity contribution in [3.8, 4) is 0 Å². The molecule has 0 radical (unpaired) electrons. The van der Waals surface area contributed by atoms with E-state index in [0.717, 1.165) is 0 Å². The number of rotatable bonds is 2. The van der Waals surface area contributed by atoms with Gasteiger partial charge >= 0.3 is 0 Å². The van der Waals surface area contributed by atoms with Crippen LogP contribution in [0.1, 0.15) is 5.56 Å². The van der Waals surface area contributed by atoms with E-state index in [1.54, 1.807) is 5.94 Å². The zero-order valence-corrected chi connectivity index (χ0v) is 7.95. The van der Waals surface area contributed by atoms with Gasteiger partial charge in [0.25, 0.3) is 5.69 Å². The molecule has 0 fully saturated rings. The smallest absolute Gasteiger partial charge is 0.258 e. The summed E-state index contributed by atoms with van der Waals surface area (Å²) in [5.41, 5.74) is 0.565. The molecule has 0 atom stereocenters. The maximum atomic E-state index is 10.3. The predicted molar refractivity (Wildman–Crippen MR) is 51.1 cm³/mol. The Morgan fingerprint density at radius 3 is 2.31 bits per heavy atom. The molecule has 0 bridgehead atoms. The van der Waals surface area contributed by atoms with Crippen molar-refractivity contribution in [2.75, 3.05) is 0 Å².